The Kier molecular flexibility index (Phi) is 5.91. The smallest absolute Gasteiger partial charge is 0.0547 e. The van der Waals surface area contributed by atoms with Gasteiger partial charge in [-0.05, 0) is 6.42 Å². The largest absolute Gasteiger partial charge is 0.396 e. The molecular weight excluding hydrogens is 132 g/mol. The Balaban J connectivity index is 3.07. The van der Waals surface area contributed by atoms with Gasteiger partial charge in [-0.3, -0.25) is 0 Å². The molecule has 0 radical (unpaired) electrons. The number of aliphatic hydroxyl groups is 1. The van der Waals surface area contributed by atoms with Crippen LogP contribution in [0.5, 0.6) is 0 Å². The van der Waals surface area contributed by atoms with E-state index < -0.39 is 0 Å². The zero-order chi connectivity index (χ0) is 7.11. The van der Waals surface area contributed by atoms with Crippen molar-refractivity contribution in [2.45, 2.75) is 18.6 Å². The minimum atomic E-state index is 0.263. The predicted molar refractivity (Wildman–Crippen MR) is 42.5 cm³/mol. The minimum Gasteiger partial charge on any atom is -0.396 e. The first-order valence-corrected chi connectivity index (χ1v) is 4.02. The van der Waals surface area contributed by atoms with E-state index in [9.17, 15) is 0 Å². The molecule has 0 bridgehead atoms. The van der Waals surface area contributed by atoms with Gasteiger partial charge < -0.3 is 5.11 Å². The summed E-state index contributed by atoms with van der Waals surface area (Å²) in [5, 5.41) is 8.96. The molecule has 0 saturated heterocycles. The third kappa shape index (κ3) is 5.75. The van der Waals surface area contributed by atoms with Crippen LogP contribution in [0.15, 0.2) is 0 Å². The molecule has 0 heterocycles. The molecule has 0 aromatic carbocycles. The van der Waals surface area contributed by atoms with Crippen molar-refractivity contribution in [1.82, 2.24) is 0 Å². The van der Waals surface area contributed by atoms with Gasteiger partial charge in [-0.1, -0.05) is 12.8 Å². The van der Waals surface area contributed by atoms with Crippen LogP contribution in [0.3, 0.4) is 0 Å². The van der Waals surface area contributed by atoms with E-state index in [2.05, 4.69) is 12.8 Å². The number of hydrogen-bond acceptors (Lipinski definition) is 2. The van der Waals surface area contributed by atoms with Crippen LogP contribution in [0.2, 0.25) is 0 Å². The average molecular weight is 144 g/mol. The molecule has 0 spiro atoms. The summed E-state index contributed by atoms with van der Waals surface area (Å²) in [5.41, 5.74) is 0. The van der Waals surface area contributed by atoms with Crippen molar-refractivity contribution in [3.63, 3.8) is 0 Å². The Morgan fingerprint density at radius 3 is 2.89 bits per heavy atom. The molecule has 0 rings (SSSR count). The van der Waals surface area contributed by atoms with Gasteiger partial charge in [-0.25, -0.2) is 0 Å². The number of terminal acetylenes is 1. The van der Waals surface area contributed by atoms with Crippen LogP contribution in [-0.4, -0.2) is 22.7 Å². The molecule has 0 aromatic heterocycles. The minimum absolute atomic E-state index is 0.263. The maximum Gasteiger partial charge on any atom is 0.0547 e. The van der Waals surface area contributed by atoms with Crippen molar-refractivity contribution < 1.29 is 5.11 Å². The monoisotopic (exact) mass is 144 g/mol. The molecule has 0 aliphatic rings. The fourth-order valence-electron chi connectivity index (χ4n) is 0.456. The highest BCUT2D eigenvalue weighted by atomic mass is 32.2. The highest BCUT2D eigenvalue weighted by Gasteiger charge is 1.97. The Hall–Kier alpha value is -0.130. The second kappa shape index (κ2) is 6.00. The lowest BCUT2D eigenvalue weighted by Gasteiger charge is -2.04. The van der Waals surface area contributed by atoms with Gasteiger partial charge in [-0.2, -0.15) is 0 Å². The van der Waals surface area contributed by atoms with E-state index in [1.165, 1.54) is 0 Å². The van der Waals surface area contributed by atoms with Crippen molar-refractivity contribution in [1.29, 1.82) is 0 Å². The first-order valence-electron chi connectivity index (χ1n) is 2.97. The van der Waals surface area contributed by atoms with Gasteiger partial charge in [-0.15, -0.1) is 18.2 Å². The second-order valence-electron chi connectivity index (χ2n) is 1.84. The lowest BCUT2D eigenvalue weighted by Crippen LogP contribution is -1.99. The molecule has 9 heavy (non-hydrogen) atoms. The van der Waals surface area contributed by atoms with Gasteiger partial charge in [0.15, 0.2) is 0 Å². The van der Waals surface area contributed by atoms with Gasteiger partial charge in [0.1, 0.15) is 0 Å². The molecule has 1 atom stereocenters. The Bertz CT molecular complexity index is 95.6. The fraction of sp³-hybridized carbons (Fsp3) is 0.714. The van der Waals surface area contributed by atoms with Crippen molar-refractivity contribution in [2.75, 3.05) is 12.4 Å². The topological polar surface area (TPSA) is 20.2 Å². The lowest BCUT2D eigenvalue weighted by molar-refractivity contribution is 0.289. The van der Waals surface area contributed by atoms with E-state index in [1.807, 2.05) is 0 Å². The average Bonchev–Trinajstić information content (AvgIpc) is 1.85. The molecule has 0 amide bonds. The van der Waals surface area contributed by atoms with Crippen LogP contribution >= 0.6 is 11.8 Å². The zero-order valence-corrected chi connectivity index (χ0v) is 6.45. The first-order chi connectivity index (χ1) is 4.31. The van der Waals surface area contributed by atoms with E-state index >= 15 is 0 Å². The Morgan fingerprint density at radius 1 is 1.78 bits per heavy atom. The van der Waals surface area contributed by atoms with Crippen molar-refractivity contribution in [3.8, 4) is 12.3 Å². The zero-order valence-electron chi connectivity index (χ0n) is 5.63. The van der Waals surface area contributed by atoms with Gasteiger partial charge in [0.25, 0.3) is 0 Å². The molecule has 0 fully saturated rings. The van der Waals surface area contributed by atoms with E-state index in [-0.39, 0.29) is 6.61 Å². The van der Waals surface area contributed by atoms with Crippen molar-refractivity contribution in [2.24, 2.45) is 0 Å². The fourth-order valence-corrected chi connectivity index (χ4v) is 1.11. The summed E-state index contributed by atoms with van der Waals surface area (Å²) >= 11 is 1.70. The van der Waals surface area contributed by atoms with E-state index in [0.29, 0.717) is 5.25 Å². The normalized spacial score (nSPS) is 12.6. The summed E-state index contributed by atoms with van der Waals surface area (Å²) in [7, 11) is 0. The first kappa shape index (κ1) is 8.87. The molecule has 52 valence electrons. The maximum atomic E-state index is 8.47. The van der Waals surface area contributed by atoms with Crippen LogP contribution in [0.25, 0.3) is 0 Å². The van der Waals surface area contributed by atoms with Crippen LogP contribution in [-0.2, 0) is 0 Å². The molecule has 2 heteroatoms. The Labute approximate surface area is 60.8 Å². The lowest BCUT2D eigenvalue weighted by atomic mass is 10.3. The molecule has 0 saturated carbocycles. The van der Waals surface area contributed by atoms with Crippen molar-refractivity contribution >= 4 is 11.8 Å². The van der Waals surface area contributed by atoms with Crippen LogP contribution in [0.1, 0.15) is 13.3 Å². The summed E-state index contributed by atoms with van der Waals surface area (Å²) in [5.74, 6) is 3.29. The van der Waals surface area contributed by atoms with Crippen molar-refractivity contribution in [3.05, 3.63) is 0 Å². The molecule has 1 unspecified atom stereocenters. The van der Waals surface area contributed by atoms with E-state index in [4.69, 9.17) is 11.5 Å². The third-order valence-corrected chi connectivity index (χ3v) is 2.12. The number of aliphatic hydroxyl groups excluding tert-OH is 1. The van der Waals surface area contributed by atoms with Gasteiger partial charge in [0.2, 0.25) is 0 Å². The SMILES string of the molecule is C#CCSC(C)CCO. The van der Waals surface area contributed by atoms with Crippen LogP contribution in [0, 0.1) is 12.3 Å². The van der Waals surface area contributed by atoms with E-state index in [1.54, 1.807) is 11.8 Å². The highest BCUT2D eigenvalue weighted by Crippen LogP contribution is 2.11. The van der Waals surface area contributed by atoms with Gasteiger partial charge in [0.05, 0.1) is 5.75 Å². The van der Waals surface area contributed by atoms with Gasteiger partial charge >= 0.3 is 0 Å². The standard InChI is InChI=1S/C7H12OS/c1-3-6-9-7(2)4-5-8/h1,7-8H,4-6H2,2H3. The maximum absolute atomic E-state index is 8.47. The highest BCUT2D eigenvalue weighted by molar-refractivity contribution is 8.00. The summed E-state index contributed by atoms with van der Waals surface area (Å²) < 4.78 is 0. The molecule has 0 aliphatic heterocycles. The summed E-state index contributed by atoms with van der Waals surface area (Å²) in [6.07, 6.45) is 5.88. The second-order valence-corrected chi connectivity index (χ2v) is 3.26. The van der Waals surface area contributed by atoms with E-state index in [0.717, 1.165) is 12.2 Å². The third-order valence-electron chi connectivity index (χ3n) is 0.987. The molecule has 0 aromatic rings. The molecule has 1 nitrogen and oxygen atoms in total. The molecule has 0 aliphatic carbocycles. The summed E-state index contributed by atoms with van der Waals surface area (Å²) in [4.78, 5) is 0. The summed E-state index contributed by atoms with van der Waals surface area (Å²) in [6.45, 7) is 2.33. The predicted octanol–water partition coefficient (Wildman–Crippen LogP) is 1.12. The number of thioether (sulfide) groups is 1. The van der Waals surface area contributed by atoms with Gasteiger partial charge in [0, 0.05) is 11.9 Å². The van der Waals surface area contributed by atoms with Crippen LogP contribution < -0.4 is 0 Å². The van der Waals surface area contributed by atoms with Crippen LogP contribution in [0.4, 0.5) is 0 Å². The summed E-state index contributed by atoms with van der Waals surface area (Å²) in [6, 6.07) is 0. The Morgan fingerprint density at radius 2 is 2.44 bits per heavy atom. The quantitative estimate of drug-likeness (QED) is 0.597. The number of hydrogen-bond donors (Lipinski definition) is 1. The molecular formula is C7H12OS. The number of rotatable bonds is 4. The molecule has 1 N–H and O–H groups in total.